The van der Waals surface area contributed by atoms with Gasteiger partial charge in [0.1, 0.15) is 6.54 Å². The molecule has 1 N–H and O–H groups in total. The summed E-state index contributed by atoms with van der Waals surface area (Å²) in [5.74, 6) is -0.802. The average molecular weight is 240 g/mol. The molecule has 16 heavy (non-hydrogen) atoms. The Bertz CT molecular complexity index is 379. The van der Waals surface area contributed by atoms with Crippen LogP contribution in [0.2, 0.25) is 0 Å². The van der Waals surface area contributed by atoms with Crippen LogP contribution in [0.1, 0.15) is 30.8 Å². The number of carboxylic acids is 1. The molecular weight excluding hydrogens is 224 g/mol. The number of rotatable bonds is 4. The van der Waals surface area contributed by atoms with Crippen molar-refractivity contribution in [2.75, 3.05) is 11.4 Å². The number of hydrogen-bond acceptors (Lipinski definition) is 4. The minimum Gasteiger partial charge on any atom is -0.480 e. The summed E-state index contributed by atoms with van der Waals surface area (Å²) >= 11 is 1.65. The minimum absolute atomic E-state index is 0.0318. The molecule has 2 rings (SSSR count). The summed E-state index contributed by atoms with van der Waals surface area (Å²) < 4.78 is 0. The highest BCUT2D eigenvalue weighted by atomic mass is 32.1. The second kappa shape index (κ2) is 4.41. The van der Waals surface area contributed by atoms with E-state index in [0.717, 1.165) is 18.0 Å². The first-order chi connectivity index (χ1) is 7.58. The number of carboxylic acid groups (broad SMARTS) is 1. The van der Waals surface area contributed by atoms with E-state index in [1.807, 2.05) is 18.7 Å². The highest BCUT2D eigenvalue weighted by Gasteiger charge is 2.22. The summed E-state index contributed by atoms with van der Waals surface area (Å²) in [5.41, 5.74) is 1.18. The van der Waals surface area contributed by atoms with Crippen molar-refractivity contribution < 1.29 is 9.90 Å². The summed E-state index contributed by atoms with van der Waals surface area (Å²) in [7, 11) is 0. The van der Waals surface area contributed by atoms with Gasteiger partial charge in [0, 0.05) is 10.9 Å². The molecular formula is C11H16N2O2S. The molecule has 5 heteroatoms. The summed E-state index contributed by atoms with van der Waals surface area (Å²) in [4.78, 5) is 18.5. The Morgan fingerprint density at radius 3 is 2.88 bits per heavy atom. The molecule has 1 aliphatic rings. The third-order valence-corrected chi connectivity index (χ3v) is 3.95. The van der Waals surface area contributed by atoms with Gasteiger partial charge in [-0.2, -0.15) is 0 Å². The van der Waals surface area contributed by atoms with Crippen molar-refractivity contribution in [3.05, 3.63) is 10.6 Å². The Balaban J connectivity index is 2.21. The highest BCUT2D eigenvalue weighted by Crippen LogP contribution is 2.33. The second-order valence-corrected chi connectivity index (χ2v) is 5.40. The van der Waals surface area contributed by atoms with Crippen molar-refractivity contribution in [2.45, 2.75) is 39.2 Å². The molecule has 1 aromatic rings. The third kappa shape index (κ3) is 2.19. The fourth-order valence-electron chi connectivity index (χ4n) is 1.92. The predicted molar refractivity (Wildman–Crippen MR) is 64.3 cm³/mol. The molecule has 0 aliphatic heterocycles. The molecule has 1 aromatic heterocycles. The lowest BCUT2D eigenvalue weighted by molar-refractivity contribution is -0.135. The van der Waals surface area contributed by atoms with Crippen molar-refractivity contribution in [3.63, 3.8) is 0 Å². The summed E-state index contributed by atoms with van der Waals surface area (Å²) in [6, 6.07) is 0.169. The number of fused-ring (bicyclic) bond motifs is 1. The van der Waals surface area contributed by atoms with E-state index in [2.05, 4.69) is 4.98 Å². The smallest absolute Gasteiger partial charge is 0.323 e. The quantitative estimate of drug-likeness (QED) is 0.873. The van der Waals surface area contributed by atoms with Crippen LogP contribution in [-0.2, 0) is 17.6 Å². The van der Waals surface area contributed by atoms with Gasteiger partial charge in [-0.25, -0.2) is 4.98 Å². The normalized spacial score (nSPS) is 14.2. The SMILES string of the molecule is CC(C)N(CC(=O)O)c1nc2c(s1)CCC2. The molecule has 0 aromatic carbocycles. The largest absolute Gasteiger partial charge is 0.480 e. The van der Waals surface area contributed by atoms with Crippen molar-refractivity contribution >= 4 is 22.4 Å². The van der Waals surface area contributed by atoms with Gasteiger partial charge in [0.05, 0.1) is 5.69 Å². The first-order valence-corrected chi connectivity index (χ1v) is 6.36. The Labute approximate surface area is 98.9 Å². The van der Waals surface area contributed by atoms with Gasteiger partial charge in [-0.05, 0) is 33.1 Å². The first kappa shape index (κ1) is 11.4. The number of aliphatic carboxylic acids is 1. The highest BCUT2D eigenvalue weighted by molar-refractivity contribution is 7.15. The lowest BCUT2D eigenvalue weighted by Gasteiger charge is -2.23. The summed E-state index contributed by atoms with van der Waals surface area (Å²) in [6.45, 7) is 4.02. The maximum atomic E-state index is 10.8. The van der Waals surface area contributed by atoms with E-state index in [4.69, 9.17) is 5.11 Å². The number of hydrogen-bond donors (Lipinski definition) is 1. The van der Waals surface area contributed by atoms with Gasteiger partial charge in [0.15, 0.2) is 5.13 Å². The average Bonchev–Trinajstić information content (AvgIpc) is 2.71. The van der Waals surface area contributed by atoms with Crippen LogP contribution in [0.15, 0.2) is 0 Å². The number of aromatic nitrogens is 1. The molecule has 4 nitrogen and oxygen atoms in total. The van der Waals surface area contributed by atoms with Crippen molar-refractivity contribution in [3.8, 4) is 0 Å². The molecule has 0 saturated heterocycles. The Kier molecular flexibility index (Phi) is 3.14. The molecule has 0 fully saturated rings. The molecule has 1 aliphatic carbocycles. The fourth-order valence-corrected chi connectivity index (χ4v) is 3.20. The zero-order chi connectivity index (χ0) is 11.7. The van der Waals surface area contributed by atoms with Crippen LogP contribution in [0.4, 0.5) is 5.13 Å². The van der Waals surface area contributed by atoms with E-state index in [1.54, 1.807) is 11.3 Å². The monoisotopic (exact) mass is 240 g/mol. The van der Waals surface area contributed by atoms with Crippen molar-refractivity contribution in [2.24, 2.45) is 0 Å². The third-order valence-electron chi connectivity index (χ3n) is 2.76. The van der Waals surface area contributed by atoms with E-state index < -0.39 is 5.97 Å². The summed E-state index contributed by atoms with van der Waals surface area (Å²) in [5, 5.41) is 9.74. The van der Waals surface area contributed by atoms with Crippen LogP contribution in [0.25, 0.3) is 0 Å². The van der Waals surface area contributed by atoms with Crippen LogP contribution in [0.5, 0.6) is 0 Å². The molecule has 0 bridgehead atoms. The van der Waals surface area contributed by atoms with Gasteiger partial charge in [0.2, 0.25) is 0 Å². The number of aryl methyl sites for hydroxylation is 2. The summed E-state index contributed by atoms with van der Waals surface area (Å²) in [6.07, 6.45) is 3.34. The minimum atomic E-state index is -0.802. The van der Waals surface area contributed by atoms with E-state index in [-0.39, 0.29) is 12.6 Å². The number of nitrogens with zero attached hydrogens (tertiary/aromatic N) is 2. The van der Waals surface area contributed by atoms with Crippen LogP contribution >= 0.6 is 11.3 Å². The van der Waals surface area contributed by atoms with Crippen molar-refractivity contribution in [1.82, 2.24) is 4.98 Å². The predicted octanol–water partition coefficient (Wildman–Crippen LogP) is 1.93. The Morgan fingerprint density at radius 1 is 1.56 bits per heavy atom. The van der Waals surface area contributed by atoms with E-state index in [1.165, 1.54) is 17.0 Å². The number of thiazole rings is 1. The van der Waals surface area contributed by atoms with E-state index >= 15 is 0 Å². The standard InChI is InChI=1S/C11H16N2O2S/c1-7(2)13(6-10(14)15)11-12-8-4-3-5-9(8)16-11/h7H,3-6H2,1-2H3,(H,14,15). The molecule has 1 heterocycles. The topological polar surface area (TPSA) is 53.4 Å². The van der Waals surface area contributed by atoms with Crippen LogP contribution in [-0.4, -0.2) is 28.6 Å². The van der Waals surface area contributed by atoms with Gasteiger partial charge in [-0.1, -0.05) is 0 Å². The molecule has 0 radical (unpaired) electrons. The van der Waals surface area contributed by atoms with Gasteiger partial charge in [0.25, 0.3) is 0 Å². The molecule has 0 saturated carbocycles. The van der Waals surface area contributed by atoms with Gasteiger partial charge >= 0.3 is 5.97 Å². The molecule has 0 spiro atoms. The molecule has 0 unspecified atom stereocenters. The molecule has 0 atom stereocenters. The Hall–Kier alpha value is -1.10. The maximum Gasteiger partial charge on any atom is 0.323 e. The lowest BCUT2D eigenvalue weighted by atomic mass is 10.3. The fraction of sp³-hybridized carbons (Fsp3) is 0.636. The van der Waals surface area contributed by atoms with Crippen LogP contribution in [0, 0.1) is 0 Å². The van der Waals surface area contributed by atoms with Crippen LogP contribution < -0.4 is 4.90 Å². The number of anilines is 1. The second-order valence-electron chi connectivity index (χ2n) is 4.34. The van der Waals surface area contributed by atoms with E-state index in [0.29, 0.717) is 0 Å². The van der Waals surface area contributed by atoms with Gasteiger partial charge < -0.3 is 10.0 Å². The molecule has 0 amide bonds. The maximum absolute atomic E-state index is 10.8. The Morgan fingerprint density at radius 2 is 2.31 bits per heavy atom. The first-order valence-electron chi connectivity index (χ1n) is 5.55. The van der Waals surface area contributed by atoms with Crippen LogP contribution in [0.3, 0.4) is 0 Å². The zero-order valence-electron chi connectivity index (χ0n) is 9.56. The van der Waals surface area contributed by atoms with Gasteiger partial charge in [-0.3, -0.25) is 4.79 Å². The molecule has 88 valence electrons. The van der Waals surface area contributed by atoms with Crippen molar-refractivity contribution in [1.29, 1.82) is 0 Å². The van der Waals surface area contributed by atoms with Gasteiger partial charge in [-0.15, -0.1) is 11.3 Å². The lowest BCUT2D eigenvalue weighted by Crippen LogP contribution is -2.35. The number of carbonyl (C=O) groups is 1. The zero-order valence-corrected chi connectivity index (χ0v) is 10.4. The van der Waals surface area contributed by atoms with E-state index in [9.17, 15) is 4.79 Å².